The van der Waals surface area contributed by atoms with Gasteiger partial charge in [-0.05, 0) is 47.1 Å². The first-order valence-corrected chi connectivity index (χ1v) is 8.40. The minimum absolute atomic E-state index is 0.0529. The van der Waals surface area contributed by atoms with Crippen LogP contribution in [0, 0.1) is 5.82 Å². The van der Waals surface area contributed by atoms with E-state index in [1.165, 1.54) is 12.1 Å². The Morgan fingerprint density at radius 2 is 1.87 bits per heavy atom. The molecule has 2 aromatic rings. The van der Waals surface area contributed by atoms with E-state index < -0.39 is 0 Å². The summed E-state index contributed by atoms with van der Waals surface area (Å²) in [4.78, 5) is 16.6. The van der Waals surface area contributed by atoms with Crippen LogP contribution in [-0.2, 0) is 6.54 Å². The van der Waals surface area contributed by atoms with Gasteiger partial charge in [0.05, 0.1) is 4.47 Å². The number of aromatic nitrogens is 2. The lowest BCUT2D eigenvalue weighted by Crippen LogP contribution is -2.49. The van der Waals surface area contributed by atoms with Crippen LogP contribution in [0.2, 0.25) is 0 Å². The number of aryl methyl sites for hydroxylation is 1. The molecule has 0 unspecified atom stereocenters. The molecule has 0 saturated carbocycles. The standard InChI is InChI=1S/C16H18BrFN4O/c1-2-22-11-14(17)15(19-22)16(23)21-9-7-20(8-10-21)13-5-3-12(18)4-6-13/h3-6,11H,2,7-10H2,1H3. The molecule has 3 rings (SSSR count). The van der Waals surface area contributed by atoms with E-state index in [2.05, 4.69) is 25.9 Å². The van der Waals surface area contributed by atoms with Gasteiger partial charge in [-0.2, -0.15) is 5.10 Å². The summed E-state index contributed by atoms with van der Waals surface area (Å²) in [6, 6.07) is 6.46. The van der Waals surface area contributed by atoms with E-state index in [9.17, 15) is 9.18 Å². The van der Waals surface area contributed by atoms with E-state index in [4.69, 9.17) is 0 Å². The van der Waals surface area contributed by atoms with Gasteiger partial charge in [0.1, 0.15) is 5.82 Å². The Kier molecular flexibility index (Phi) is 4.66. The smallest absolute Gasteiger partial charge is 0.275 e. The maximum atomic E-state index is 13.0. The molecule has 0 bridgehead atoms. The van der Waals surface area contributed by atoms with Crippen LogP contribution in [0.5, 0.6) is 0 Å². The molecule has 1 fully saturated rings. The SMILES string of the molecule is CCn1cc(Br)c(C(=O)N2CCN(c3ccc(F)cc3)CC2)n1. The van der Waals surface area contributed by atoms with Crippen LogP contribution in [0.1, 0.15) is 17.4 Å². The Hall–Kier alpha value is -1.89. The number of amides is 1. The Labute approximate surface area is 142 Å². The third-order valence-electron chi connectivity index (χ3n) is 4.00. The number of carbonyl (C=O) groups is 1. The second kappa shape index (κ2) is 6.70. The van der Waals surface area contributed by atoms with Crippen LogP contribution in [0.3, 0.4) is 0 Å². The predicted octanol–water partition coefficient (Wildman–Crippen LogP) is 2.77. The van der Waals surface area contributed by atoms with Crippen molar-refractivity contribution in [1.82, 2.24) is 14.7 Å². The van der Waals surface area contributed by atoms with E-state index in [-0.39, 0.29) is 11.7 Å². The van der Waals surface area contributed by atoms with Crippen molar-refractivity contribution in [2.24, 2.45) is 0 Å². The van der Waals surface area contributed by atoms with Gasteiger partial charge in [0.25, 0.3) is 5.91 Å². The summed E-state index contributed by atoms with van der Waals surface area (Å²) in [5.41, 5.74) is 1.44. The normalized spacial score (nSPS) is 15.1. The van der Waals surface area contributed by atoms with Gasteiger partial charge in [-0.3, -0.25) is 9.48 Å². The number of halogens is 2. The minimum Gasteiger partial charge on any atom is -0.368 e. The third kappa shape index (κ3) is 3.39. The molecule has 5 nitrogen and oxygen atoms in total. The van der Waals surface area contributed by atoms with Crippen LogP contribution < -0.4 is 4.90 Å². The van der Waals surface area contributed by atoms with E-state index in [1.54, 1.807) is 16.8 Å². The van der Waals surface area contributed by atoms with Gasteiger partial charge >= 0.3 is 0 Å². The van der Waals surface area contributed by atoms with E-state index in [0.717, 1.165) is 29.8 Å². The Balaban J connectivity index is 1.65. The van der Waals surface area contributed by atoms with Gasteiger partial charge in [0.2, 0.25) is 0 Å². The van der Waals surface area contributed by atoms with Crippen molar-refractivity contribution in [3.8, 4) is 0 Å². The summed E-state index contributed by atoms with van der Waals surface area (Å²) in [6.45, 7) is 5.41. The zero-order chi connectivity index (χ0) is 16.4. The lowest BCUT2D eigenvalue weighted by Gasteiger charge is -2.35. The molecular formula is C16H18BrFN4O. The summed E-state index contributed by atoms with van der Waals surface area (Å²) >= 11 is 3.40. The maximum absolute atomic E-state index is 13.0. The van der Waals surface area contributed by atoms with Gasteiger partial charge in [-0.1, -0.05) is 0 Å². The summed E-state index contributed by atoms with van der Waals surface area (Å²) in [7, 11) is 0. The average molecular weight is 381 g/mol. The fourth-order valence-corrected chi connectivity index (χ4v) is 3.16. The molecule has 122 valence electrons. The van der Waals surface area contributed by atoms with Crippen molar-refractivity contribution >= 4 is 27.5 Å². The summed E-state index contributed by atoms with van der Waals surface area (Å²) in [5, 5.41) is 4.31. The zero-order valence-electron chi connectivity index (χ0n) is 12.9. The molecule has 1 saturated heterocycles. The van der Waals surface area contributed by atoms with Gasteiger partial charge < -0.3 is 9.80 Å². The highest BCUT2D eigenvalue weighted by Gasteiger charge is 2.25. The molecule has 2 heterocycles. The maximum Gasteiger partial charge on any atom is 0.275 e. The quantitative estimate of drug-likeness (QED) is 0.821. The lowest BCUT2D eigenvalue weighted by atomic mass is 10.2. The molecule has 0 radical (unpaired) electrons. The molecule has 1 aliphatic rings. The van der Waals surface area contributed by atoms with Crippen molar-refractivity contribution in [3.63, 3.8) is 0 Å². The number of hydrogen-bond acceptors (Lipinski definition) is 3. The van der Waals surface area contributed by atoms with Crippen molar-refractivity contribution in [2.45, 2.75) is 13.5 Å². The van der Waals surface area contributed by atoms with Crippen LogP contribution in [0.15, 0.2) is 34.9 Å². The molecule has 0 aliphatic carbocycles. The Morgan fingerprint density at radius 3 is 2.43 bits per heavy atom. The molecule has 1 aromatic heterocycles. The van der Waals surface area contributed by atoms with Crippen molar-refractivity contribution < 1.29 is 9.18 Å². The first kappa shape index (κ1) is 16.0. The van der Waals surface area contributed by atoms with Crippen LogP contribution >= 0.6 is 15.9 Å². The fraction of sp³-hybridized carbons (Fsp3) is 0.375. The van der Waals surface area contributed by atoms with Crippen molar-refractivity contribution in [3.05, 3.63) is 46.4 Å². The number of hydrogen-bond donors (Lipinski definition) is 0. The largest absolute Gasteiger partial charge is 0.368 e. The second-order valence-electron chi connectivity index (χ2n) is 5.44. The first-order valence-electron chi connectivity index (χ1n) is 7.61. The van der Waals surface area contributed by atoms with Gasteiger partial charge in [-0.15, -0.1) is 0 Å². The molecule has 0 N–H and O–H groups in total. The molecule has 1 aromatic carbocycles. The Morgan fingerprint density at radius 1 is 1.22 bits per heavy atom. The number of carbonyl (C=O) groups excluding carboxylic acids is 1. The van der Waals surface area contributed by atoms with Crippen LogP contribution in [-0.4, -0.2) is 46.8 Å². The van der Waals surface area contributed by atoms with Gasteiger partial charge in [0.15, 0.2) is 5.69 Å². The molecule has 1 aliphatic heterocycles. The summed E-state index contributed by atoms with van der Waals surface area (Å²) < 4.78 is 15.5. The van der Waals surface area contributed by atoms with E-state index in [1.807, 2.05) is 18.0 Å². The molecule has 7 heteroatoms. The van der Waals surface area contributed by atoms with Crippen LogP contribution in [0.25, 0.3) is 0 Å². The van der Waals surface area contributed by atoms with Crippen molar-refractivity contribution in [1.29, 1.82) is 0 Å². The lowest BCUT2D eigenvalue weighted by molar-refractivity contribution is 0.0739. The fourth-order valence-electron chi connectivity index (χ4n) is 2.67. The number of nitrogens with zero attached hydrogens (tertiary/aromatic N) is 4. The van der Waals surface area contributed by atoms with Crippen molar-refractivity contribution in [2.75, 3.05) is 31.1 Å². The first-order chi connectivity index (χ1) is 11.1. The Bertz CT molecular complexity index is 693. The number of rotatable bonds is 3. The van der Waals surface area contributed by atoms with E-state index in [0.29, 0.717) is 18.8 Å². The number of anilines is 1. The molecule has 0 spiro atoms. The highest BCUT2D eigenvalue weighted by Crippen LogP contribution is 2.20. The minimum atomic E-state index is -0.237. The number of benzene rings is 1. The highest BCUT2D eigenvalue weighted by molar-refractivity contribution is 9.10. The van der Waals surface area contributed by atoms with Gasteiger partial charge in [0, 0.05) is 44.6 Å². The summed E-state index contributed by atoms with van der Waals surface area (Å²) in [5.74, 6) is -0.290. The third-order valence-corrected chi connectivity index (χ3v) is 4.58. The van der Waals surface area contributed by atoms with Crippen LogP contribution in [0.4, 0.5) is 10.1 Å². The molecule has 1 amide bonds. The number of piperazine rings is 1. The highest BCUT2D eigenvalue weighted by atomic mass is 79.9. The summed E-state index contributed by atoms with van der Waals surface area (Å²) in [6.07, 6.45) is 1.82. The predicted molar refractivity (Wildman–Crippen MR) is 90.1 cm³/mol. The topological polar surface area (TPSA) is 41.4 Å². The molecule has 23 heavy (non-hydrogen) atoms. The monoisotopic (exact) mass is 380 g/mol. The average Bonchev–Trinajstić information content (AvgIpc) is 2.96. The molecular weight excluding hydrogens is 363 g/mol. The van der Waals surface area contributed by atoms with E-state index >= 15 is 0 Å². The zero-order valence-corrected chi connectivity index (χ0v) is 14.5. The molecule has 0 atom stereocenters. The second-order valence-corrected chi connectivity index (χ2v) is 6.29. The van der Waals surface area contributed by atoms with Gasteiger partial charge in [-0.25, -0.2) is 4.39 Å².